The second-order valence-electron chi connectivity index (χ2n) is 6.52. The van der Waals surface area contributed by atoms with Crippen molar-refractivity contribution >= 4 is 33.6 Å². The van der Waals surface area contributed by atoms with Crippen molar-refractivity contribution in [2.24, 2.45) is 0 Å². The summed E-state index contributed by atoms with van der Waals surface area (Å²) in [5, 5.41) is 3.27. The van der Waals surface area contributed by atoms with Crippen molar-refractivity contribution in [3.05, 3.63) is 65.5 Å². The highest BCUT2D eigenvalue weighted by atomic mass is 35.5. The molecule has 148 valence electrons. The first-order valence-electron chi connectivity index (χ1n) is 9.10. The number of nitrogens with zero attached hydrogens (tertiary/aromatic N) is 2. The Morgan fingerprint density at radius 1 is 1.21 bits per heavy atom. The van der Waals surface area contributed by atoms with E-state index in [9.17, 15) is 13.2 Å². The highest BCUT2D eigenvalue weighted by molar-refractivity contribution is 7.89. The number of pyridine rings is 1. The largest absolute Gasteiger partial charge is 0.355 e. The van der Waals surface area contributed by atoms with E-state index in [-0.39, 0.29) is 17.3 Å². The van der Waals surface area contributed by atoms with Crippen molar-refractivity contribution in [3.8, 4) is 0 Å². The molecular weight excluding hydrogens is 398 g/mol. The quantitative estimate of drug-likeness (QED) is 0.780. The predicted molar refractivity (Wildman–Crippen MR) is 109 cm³/mol. The summed E-state index contributed by atoms with van der Waals surface area (Å²) in [6.07, 6.45) is 9.00. The Bertz CT molecular complexity index is 931. The molecule has 0 aliphatic carbocycles. The SMILES string of the molecule is O=C1NCCCC[C@H]1N(CC=Cc1cccnc1)S(=O)(=O)c1ccc(Cl)cc1. The summed E-state index contributed by atoms with van der Waals surface area (Å²) in [6.45, 7) is 0.646. The second kappa shape index (κ2) is 9.32. The first kappa shape index (κ1) is 20.5. The van der Waals surface area contributed by atoms with Crippen LogP contribution in [0.4, 0.5) is 0 Å². The van der Waals surface area contributed by atoms with E-state index in [0.717, 1.165) is 18.4 Å². The summed E-state index contributed by atoms with van der Waals surface area (Å²) in [7, 11) is -3.87. The van der Waals surface area contributed by atoms with Crippen molar-refractivity contribution < 1.29 is 13.2 Å². The molecule has 0 bridgehead atoms. The molecule has 0 saturated carbocycles. The van der Waals surface area contributed by atoms with Gasteiger partial charge in [0.25, 0.3) is 0 Å². The van der Waals surface area contributed by atoms with E-state index in [4.69, 9.17) is 11.6 Å². The van der Waals surface area contributed by atoms with E-state index in [2.05, 4.69) is 10.3 Å². The third kappa shape index (κ3) is 4.98. The lowest BCUT2D eigenvalue weighted by Gasteiger charge is -2.28. The molecule has 1 atom stereocenters. The lowest BCUT2D eigenvalue weighted by atomic mass is 10.1. The fraction of sp³-hybridized carbons (Fsp3) is 0.300. The molecule has 0 spiro atoms. The Morgan fingerprint density at radius 2 is 2.00 bits per heavy atom. The maximum Gasteiger partial charge on any atom is 0.244 e. The van der Waals surface area contributed by atoms with Gasteiger partial charge in [0.05, 0.1) is 4.90 Å². The van der Waals surface area contributed by atoms with E-state index in [0.29, 0.717) is 18.0 Å². The fourth-order valence-corrected chi connectivity index (χ4v) is 4.80. The van der Waals surface area contributed by atoms with Crippen molar-refractivity contribution in [1.82, 2.24) is 14.6 Å². The van der Waals surface area contributed by atoms with Crippen LogP contribution in [0.1, 0.15) is 24.8 Å². The number of hydrogen-bond acceptors (Lipinski definition) is 4. The van der Waals surface area contributed by atoms with E-state index >= 15 is 0 Å². The van der Waals surface area contributed by atoms with Gasteiger partial charge in [-0.1, -0.05) is 29.8 Å². The van der Waals surface area contributed by atoms with Crippen LogP contribution in [-0.2, 0) is 14.8 Å². The summed E-state index contributed by atoms with van der Waals surface area (Å²) in [4.78, 5) is 16.7. The van der Waals surface area contributed by atoms with Gasteiger partial charge in [0.1, 0.15) is 6.04 Å². The molecule has 3 rings (SSSR count). The number of sulfonamides is 1. The minimum atomic E-state index is -3.87. The molecule has 1 aromatic carbocycles. The average Bonchev–Trinajstić information content (AvgIpc) is 2.90. The lowest BCUT2D eigenvalue weighted by Crippen LogP contribution is -2.48. The number of carbonyl (C=O) groups is 1. The van der Waals surface area contributed by atoms with Crippen molar-refractivity contribution in [2.75, 3.05) is 13.1 Å². The molecule has 2 heterocycles. The third-order valence-electron chi connectivity index (χ3n) is 4.55. The number of amides is 1. The molecule has 0 unspecified atom stereocenters. The zero-order valence-electron chi connectivity index (χ0n) is 15.3. The Balaban J connectivity index is 1.92. The third-order valence-corrected chi connectivity index (χ3v) is 6.70. The van der Waals surface area contributed by atoms with Gasteiger partial charge in [-0.15, -0.1) is 0 Å². The normalized spacial score (nSPS) is 18.2. The standard InChI is InChI=1S/C20H22ClN3O3S/c21-17-8-10-18(11-9-17)28(26,27)24(19-7-1-2-13-23-20(19)25)14-4-6-16-5-3-12-22-15-16/h3-6,8-12,15,19H,1-2,7,13-14H2,(H,23,25)/t19-/m1/s1. The Labute approximate surface area is 170 Å². The number of benzene rings is 1. The molecule has 0 radical (unpaired) electrons. The second-order valence-corrected chi connectivity index (χ2v) is 8.85. The predicted octanol–water partition coefficient (Wildman–Crippen LogP) is 3.11. The minimum Gasteiger partial charge on any atom is -0.355 e. The zero-order chi connectivity index (χ0) is 20.0. The smallest absolute Gasteiger partial charge is 0.244 e. The maximum atomic E-state index is 13.3. The minimum absolute atomic E-state index is 0.0813. The molecule has 1 N–H and O–H groups in total. The van der Waals surface area contributed by atoms with Gasteiger partial charge in [-0.2, -0.15) is 4.31 Å². The van der Waals surface area contributed by atoms with Crippen LogP contribution in [0.15, 0.2) is 59.8 Å². The molecule has 1 saturated heterocycles. The Kier molecular flexibility index (Phi) is 6.83. The number of halogens is 1. The van der Waals surface area contributed by atoms with Crippen LogP contribution in [0, 0.1) is 0 Å². The highest BCUT2D eigenvalue weighted by Gasteiger charge is 2.35. The van der Waals surface area contributed by atoms with Crippen molar-refractivity contribution in [3.63, 3.8) is 0 Å². The molecule has 28 heavy (non-hydrogen) atoms. The van der Waals surface area contributed by atoms with Crippen LogP contribution < -0.4 is 5.32 Å². The Hall–Kier alpha value is -2.22. The summed E-state index contributed by atoms with van der Waals surface area (Å²) < 4.78 is 27.9. The summed E-state index contributed by atoms with van der Waals surface area (Å²) >= 11 is 5.90. The van der Waals surface area contributed by atoms with Gasteiger partial charge >= 0.3 is 0 Å². The summed E-state index contributed by atoms with van der Waals surface area (Å²) in [5.74, 6) is -0.259. The zero-order valence-corrected chi connectivity index (χ0v) is 16.9. The average molecular weight is 420 g/mol. The van der Waals surface area contributed by atoms with Crippen molar-refractivity contribution in [2.45, 2.75) is 30.2 Å². The molecule has 1 amide bonds. The van der Waals surface area contributed by atoms with Gasteiger partial charge in [-0.25, -0.2) is 8.42 Å². The monoisotopic (exact) mass is 419 g/mol. The fourth-order valence-electron chi connectivity index (χ4n) is 3.10. The highest BCUT2D eigenvalue weighted by Crippen LogP contribution is 2.24. The molecule has 8 heteroatoms. The molecule has 1 aliphatic heterocycles. The number of carbonyl (C=O) groups excluding carboxylic acids is 1. The van der Waals surface area contributed by atoms with Crippen LogP contribution in [0.3, 0.4) is 0 Å². The van der Waals surface area contributed by atoms with Gasteiger partial charge in [0.15, 0.2) is 0 Å². The van der Waals surface area contributed by atoms with Crippen LogP contribution >= 0.6 is 11.6 Å². The lowest BCUT2D eigenvalue weighted by molar-refractivity contribution is -0.124. The molecule has 6 nitrogen and oxygen atoms in total. The van der Waals surface area contributed by atoms with Crippen LogP contribution in [0.2, 0.25) is 5.02 Å². The van der Waals surface area contributed by atoms with E-state index in [1.807, 2.05) is 6.07 Å². The van der Waals surface area contributed by atoms with Crippen molar-refractivity contribution in [1.29, 1.82) is 0 Å². The van der Waals surface area contributed by atoms with E-state index in [1.165, 1.54) is 28.6 Å². The molecule has 2 aromatic rings. The van der Waals surface area contributed by atoms with Gasteiger partial charge in [0.2, 0.25) is 15.9 Å². The number of rotatable bonds is 6. The summed E-state index contributed by atoms with van der Waals surface area (Å²) in [5.41, 5.74) is 0.858. The van der Waals surface area contributed by atoms with Crippen LogP contribution in [0.5, 0.6) is 0 Å². The van der Waals surface area contributed by atoms with Gasteiger partial charge < -0.3 is 5.32 Å². The number of aromatic nitrogens is 1. The Morgan fingerprint density at radius 3 is 2.71 bits per heavy atom. The van der Waals surface area contributed by atoms with E-state index in [1.54, 1.807) is 30.6 Å². The maximum absolute atomic E-state index is 13.3. The first-order valence-corrected chi connectivity index (χ1v) is 10.9. The van der Waals surface area contributed by atoms with Gasteiger partial charge in [-0.3, -0.25) is 9.78 Å². The summed E-state index contributed by atoms with van der Waals surface area (Å²) in [6, 6.07) is 8.92. The van der Waals surface area contributed by atoms with Gasteiger partial charge in [-0.05, 0) is 55.2 Å². The number of hydrogen-bond donors (Lipinski definition) is 1. The number of nitrogens with one attached hydrogen (secondary N) is 1. The van der Waals surface area contributed by atoms with Crippen LogP contribution in [-0.4, -0.2) is 42.7 Å². The van der Waals surface area contributed by atoms with Crippen LogP contribution in [0.25, 0.3) is 6.08 Å². The topological polar surface area (TPSA) is 79.4 Å². The molecule has 1 aliphatic rings. The van der Waals surface area contributed by atoms with Gasteiger partial charge in [0, 0.05) is 30.5 Å². The van der Waals surface area contributed by atoms with E-state index < -0.39 is 16.1 Å². The molecular formula is C20H22ClN3O3S. The molecule has 1 aromatic heterocycles. The first-order chi connectivity index (χ1) is 13.5. The molecule has 1 fully saturated rings.